The molecular weight excluding hydrogens is 368 g/mol. The van der Waals surface area contributed by atoms with E-state index in [4.69, 9.17) is 8.94 Å². The number of amides is 2. The van der Waals surface area contributed by atoms with Crippen LogP contribution in [0.25, 0.3) is 21.9 Å². The fraction of sp³-hybridized carbons (Fsp3) is 0.273. The van der Waals surface area contributed by atoms with Crippen molar-refractivity contribution >= 4 is 33.7 Å². The zero-order valence-electron chi connectivity index (χ0n) is 16.2. The molecule has 5 rings (SSSR count). The van der Waals surface area contributed by atoms with Gasteiger partial charge in [0, 0.05) is 61.3 Å². The van der Waals surface area contributed by atoms with Crippen LogP contribution in [0.2, 0.25) is 0 Å². The highest BCUT2D eigenvalue weighted by atomic mass is 16.5. The molecule has 0 spiro atoms. The van der Waals surface area contributed by atoms with Gasteiger partial charge in [0.25, 0.3) is 0 Å². The summed E-state index contributed by atoms with van der Waals surface area (Å²) in [7, 11) is 0. The van der Waals surface area contributed by atoms with E-state index in [1.165, 1.54) is 0 Å². The lowest BCUT2D eigenvalue weighted by Crippen LogP contribution is -2.49. The van der Waals surface area contributed by atoms with E-state index in [-0.39, 0.29) is 6.03 Å². The first-order valence-electron chi connectivity index (χ1n) is 9.77. The van der Waals surface area contributed by atoms with Gasteiger partial charge in [-0.25, -0.2) is 4.79 Å². The lowest BCUT2D eigenvalue weighted by atomic mass is 10.1. The van der Waals surface area contributed by atoms with Crippen LogP contribution in [0.15, 0.2) is 57.5 Å². The van der Waals surface area contributed by atoms with Crippen molar-refractivity contribution in [2.45, 2.75) is 13.5 Å². The van der Waals surface area contributed by atoms with Crippen LogP contribution in [0, 0.1) is 6.92 Å². The molecule has 0 atom stereocenters. The smallest absolute Gasteiger partial charge is 0.321 e. The third-order valence-corrected chi connectivity index (χ3v) is 5.35. The van der Waals surface area contributed by atoms with Gasteiger partial charge in [-0.1, -0.05) is 23.4 Å². The Kier molecular flexibility index (Phi) is 4.44. The first-order chi connectivity index (χ1) is 14.2. The standard InChI is InChI=1S/C22H22N4O3/c1-15-12-17(24-29-15)14-25-8-10-26(11-9-25)22(27)23-16-6-7-19-18-4-2-3-5-20(18)28-21(19)13-16/h2-7,12-13H,8-11,14H2,1H3,(H,23,27). The van der Waals surface area contributed by atoms with E-state index >= 15 is 0 Å². The average Bonchev–Trinajstić information content (AvgIpc) is 3.31. The van der Waals surface area contributed by atoms with E-state index in [1.807, 2.05) is 60.4 Å². The maximum Gasteiger partial charge on any atom is 0.321 e. The number of fused-ring (bicyclic) bond motifs is 3. The number of anilines is 1. The Morgan fingerprint density at radius 2 is 1.83 bits per heavy atom. The Morgan fingerprint density at radius 1 is 1.03 bits per heavy atom. The van der Waals surface area contributed by atoms with Crippen molar-refractivity contribution in [1.29, 1.82) is 0 Å². The molecule has 0 bridgehead atoms. The Balaban J connectivity index is 1.22. The molecule has 0 unspecified atom stereocenters. The van der Waals surface area contributed by atoms with E-state index in [0.717, 1.165) is 58.7 Å². The number of benzene rings is 2. The number of carbonyl (C=O) groups is 1. The number of nitrogens with zero attached hydrogens (tertiary/aromatic N) is 3. The second-order valence-corrected chi connectivity index (χ2v) is 7.43. The molecule has 1 saturated heterocycles. The van der Waals surface area contributed by atoms with Crippen LogP contribution < -0.4 is 5.32 Å². The molecule has 1 aliphatic rings. The summed E-state index contributed by atoms with van der Waals surface area (Å²) in [5, 5.41) is 9.17. The van der Waals surface area contributed by atoms with Crippen molar-refractivity contribution in [2.75, 3.05) is 31.5 Å². The van der Waals surface area contributed by atoms with Crippen LogP contribution >= 0.6 is 0 Å². The number of urea groups is 1. The molecule has 2 aromatic heterocycles. The summed E-state index contributed by atoms with van der Waals surface area (Å²) in [6, 6.07) is 15.6. The highest BCUT2D eigenvalue weighted by Gasteiger charge is 2.22. The molecule has 0 aliphatic carbocycles. The molecular formula is C22H22N4O3. The third-order valence-electron chi connectivity index (χ3n) is 5.35. The van der Waals surface area contributed by atoms with Crippen molar-refractivity contribution in [3.05, 3.63) is 60.0 Å². The maximum atomic E-state index is 12.7. The summed E-state index contributed by atoms with van der Waals surface area (Å²) < 4.78 is 11.0. The molecule has 1 aliphatic heterocycles. The molecule has 7 nitrogen and oxygen atoms in total. The van der Waals surface area contributed by atoms with Crippen LogP contribution in [-0.4, -0.2) is 47.2 Å². The van der Waals surface area contributed by atoms with Crippen molar-refractivity contribution in [1.82, 2.24) is 15.0 Å². The van der Waals surface area contributed by atoms with E-state index in [0.29, 0.717) is 13.1 Å². The minimum absolute atomic E-state index is 0.0857. The van der Waals surface area contributed by atoms with Gasteiger partial charge in [-0.05, 0) is 25.1 Å². The predicted octanol–water partition coefficient (Wildman–Crippen LogP) is 4.23. The van der Waals surface area contributed by atoms with Gasteiger partial charge in [0.1, 0.15) is 16.9 Å². The summed E-state index contributed by atoms with van der Waals surface area (Å²) in [6.45, 7) is 5.60. The Hall–Kier alpha value is -3.32. The molecule has 0 radical (unpaired) electrons. The molecule has 1 N–H and O–H groups in total. The van der Waals surface area contributed by atoms with Gasteiger partial charge in [-0.15, -0.1) is 0 Å². The normalized spacial score (nSPS) is 15.3. The van der Waals surface area contributed by atoms with Gasteiger partial charge in [-0.3, -0.25) is 4.90 Å². The first-order valence-corrected chi connectivity index (χ1v) is 9.77. The van der Waals surface area contributed by atoms with Crippen molar-refractivity contribution in [3.8, 4) is 0 Å². The van der Waals surface area contributed by atoms with Gasteiger partial charge in [0.15, 0.2) is 0 Å². The number of furan rings is 1. The van der Waals surface area contributed by atoms with Crippen molar-refractivity contribution in [3.63, 3.8) is 0 Å². The van der Waals surface area contributed by atoms with Gasteiger partial charge in [-0.2, -0.15) is 0 Å². The number of rotatable bonds is 3. The van der Waals surface area contributed by atoms with Gasteiger partial charge in [0.05, 0.1) is 5.69 Å². The van der Waals surface area contributed by atoms with E-state index < -0.39 is 0 Å². The van der Waals surface area contributed by atoms with Gasteiger partial charge < -0.3 is 19.2 Å². The van der Waals surface area contributed by atoms with Crippen LogP contribution in [0.4, 0.5) is 10.5 Å². The first kappa shape index (κ1) is 17.8. The number of hydrogen-bond donors (Lipinski definition) is 1. The SMILES string of the molecule is Cc1cc(CN2CCN(C(=O)Nc3ccc4c(c3)oc3ccccc34)CC2)no1. The fourth-order valence-electron chi connectivity index (χ4n) is 3.84. The van der Waals surface area contributed by atoms with Crippen LogP contribution in [0.5, 0.6) is 0 Å². The highest BCUT2D eigenvalue weighted by Crippen LogP contribution is 2.30. The number of carbonyl (C=O) groups excluding carboxylic acids is 1. The summed E-state index contributed by atoms with van der Waals surface area (Å²) >= 11 is 0. The molecule has 148 valence electrons. The number of aryl methyl sites for hydroxylation is 1. The van der Waals surface area contributed by atoms with Gasteiger partial charge >= 0.3 is 6.03 Å². The minimum atomic E-state index is -0.0857. The number of hydrogen-bond acceptors (Lipinski definition) is 5. The Labute approximate surface area is 167 Å². The second kappa shape index (κ2) is 7.25. The van der Waals surface area contributed by atoms with E-state index in [2.05, 4.69) is 15.4 Å². The molecule has 0 saturated carbocycles. The maximum absolute atomic E-state index is 12.7. The molecule has 3 heterocycles. The van der Waals surface area contributed by atoms with Crippen LogP contribution in [-0.2, 0) is 6.54 Å². The molecule has 7 heteroatoms. The van der Waals surface area contributed by atoms with E-state index in [1.54, 1.807) is 0 Å². The number of piperazine rings is 1. The zero-order chi connectivity index (χ0) is 19.8. The van der Waals surface area contributed by atoms with Crippen LogP contribution in [0.1, 0.15) is 11.5 Å². The van der Waals surface area contributed by atoms with Crippen molar-refractivity contribution < 1.29 is 13.7 Å². The molecule has 4 aromatic rings. The highest BCUT2D eigenvalue weighted by molar-refractivity contribution is 6.06. The summed E-state index contributed by atoms with van der Waals surface area (Å²) in [5.41, 5.74) is 3.29. The largest absolute Gasteiger partial charge is 0.456 e. The number of para-hydroxylation sites is 1. The van der Waals surface area contributed by atoms with Crippen LogP contribution in [0.3, 0.4) is 0 Å². The lowest BCUT2D eigenvalue weighted by Gasteiger charge is -2.34. The molecule has 2 amide bonds. The lowest BCUT2D eigenvalue weighted by molar-refractivity contribution is 0.141. The monoisotopic (exact) mass is 390 g/mol. The Morgan fingerprint density at radius 3 is 2.62 bits per heavy atom. The minimum Gasteiger partial charge on any atom is -0.456 e. The average molecular weight is 390 g/mol. The topological polar surface area (TPSA) is 74.8 Å². The number of aromatic nitrogens is 1. The third kappa shape index (κ3) is 3.56. The second-order valence-electron chi connectivity index (χ2n) is 7.43. The molecule has 2 aromatic carbocycles. The summed E-state index contributed by atoms with van der Waals surface area (Å²) in [4.78, 5) is 16.8. The molecule has 29 heavy (non-hydrogen) atoms. The van der Waals surface area contributed by atoms with E-state index in [9.17, 15) is 4.79 Å². The van der Waals surface area contributed by atoms with Crippen molar-refractivity contribution in [2.24, 2.45) is 0 Å². The fourth-order valence-corrected chi connectivity index (χ4v) is 3.84. The van der Waals surface area contributed by atoms with Gasteiger partial charge in [0.2, 0.25) is 0 Å². The quantitative estimate of drug-likeness (QED) is 0.567. The Bertz CT molecular complexity index is 1170. The summed E-state index contributed by atoms with van der Waals surface area (Å²) in [6.07, 6.45) is 0. The zero-order valence-corrected chi connectivity index (χ0v) is 16.2. The predicted molar refractivity (Wildman–Crippen MR) is 111 cm³/mol. The number of nitrogens with one attached hydrogen (secondary N) is 1. The molecule has 1 fully saturated rings. The summed E-state index contributed by atoms with van der Waals surface area (Å²) in [5.74, 6) is 0.819.